The third-order valence-corrected chi connectivity index (χ3v) is 8.96. The first kappa shape index (κ1) is 25.6. The van der Waals surface area contributed by atoms with Gasteiger partial charge >= 0.3 is 5.69 Å². The van der Waals surface area contributed by atoms with Gasteiger partial charge in [0.15, 0.2) is 0 Å². The minimum Gasteiger partial charge on any atom is -0.345 e. The zero-order valence-corrected chi connectivity index (χ0v) is 23.9. The van der Waals surface area contributed by atoms with Crippen molar-refractivity contribution in [3.05, 3.63) is 113 Å². The summed E-state index contributed by atoms with van der Waals surface area (Å²) in [7, 11) is 0. The van der Waals surface area contributed by atoms with Crippen molar-refractivity contribution in [1.29, 1.82) is 0 Å². The molecule has 7 aromatic rings. The highest BCUT2D eigenvalue weighted by atomic mass is 16.1. The third kappa shape index (κ3) is 4.51. The van der Waals surface area contributed by atoms with E-state index >= 15 is 0 Å². The second kappa shape index (κ2) is 10.3. The lowest BCUT2D eigenvalue weighted by Crippen LogP contribution is -2.38. The van der Waals surface area contributed by atoms with Crippen LogP contribution in [-0.2, 0) is 0 Å². The number of rotatable bonds is 5. The van der Waals surface area contributed by atoms with E-state index in [-0.39, 0.29) is 17.8 Å². The number of piperidine rings is 1. The summed E-state index contributed by atoms with van der Waals surface area (Å²) in [6, 6.07) is 31.5. The molecule has 0 saturated carbocycles. The van der Waals surface area contributed by atoms with E-state index in [1.54, 1.807) is 6.33 Å². The van der Waals surface area contributed by atoms with E-state index in [4.69, 9.17) is 9.97 Å². The molecule has 4 heterocycles. The molecule has 212 valence electrons. The summed E-state index contributed by atoms with van der Waals surface area (Å²) in [6.45, 7) is 4.15. The number of para-hydroxylation sites is 2. The molecule has 1 aliphatic rings. The highest BCUT2D eigenvalue weighted by Gasteiger charge is 2.26. The summed E-state index contributed by atoms with van der Waals surface area (Å²) in [5, 5.41) is 0. The van der Waals surface area contributed by atoms with Crippen LogP contribution in [0, 0.1) is 0 Å². The van der Waals surface area contributed by atoms with Crippen LogP contribution in [0.5, 0.6) is 0 Å². The number of benzene rings is 4. The highest BCUT2D eigenvalue weighted by molar-refractivity contribution is 5.94. The van der Waals surface area contributed by atoms with Crippen LogP contribution < -0.4 is 5.69 Å². The average Bonchev–Trinajstić information content (AvgIpc) is 3.66. The summed E-state index contributed by atoms with van der Waals surface area (Å²) >= 11 is 0. The van der Waals surface area contributed by atoms with Gasteiger partial charge in [-0.25, -0.2) is 19.7 Å². The molecule has 2 N–H and O–H groups in total. The quantitative estimate of drug-likeness (QED) is 0.237. The minimum absolute atomic E-state index is 0.0102. The number of hydrogen-bond donors (Lipinski definition) is 2. The van der Waals surface area contributed by atoms with E-state index in [9.17, 15) is 4.79 Å². The topological polar surface area (TPSA) is 95.5 Å². The maximum Gasteiger partial charge on any atom is 0.326 e. The van der Waals surface area contributed by atoms with Gasteiger partial charge in [-0.05, 0) is 49.6 Å². The van der Waals surface area contributed by atoms with Crippen LogP contribution in [0.1, 0.15) is 37.4 Å². The number of hydrogen-bond acceptors (Lipinski definition) is 5. The molecular weight excluding hydrogens is 534 g/mol. The molecule has 4 aromatic carbocycles. The normalized spacial score (nSPS) is 15.5. The van der Waals surface area contributed by atoms with Crippen LogP contribution in [0.25, 0.3) is 55.6 Å². The summed E-state index contributed by atoms with van der Waals surface area (Å²) in [5.74, 6) is 0. The van der Waals surface area contributed by atoms with Crippen molar-refractivity contribution in [2.45, 2.75) is 31.8 Å². The van der Waals surface area contributed by atoms with Gasteiger partial charge in [-0.2, -0.15) is 0 Å². The molecule has 0 amide bonds. The number of aromatic amines is 2. The molecule has 43 heavy (non-hydrogen) atoms. The van der Waals surface area contributed by atoms with E-state index in [0.717, 1.165) is 81.5 Å². The molecule has 1 aliphatic heterocycles. The van der Waals surface area contributed by atoms with Crippen molar-refractivity contribution < 1.29 is 0 Å². The Morgan fingerprint density at radius 1 is 0.767 bits per heavy atom. The Hall–Kier alpha value is -5.08. The Kier molecular flexibility index (Phi) is 6.15. The molecule has 1 fully saturated rings. The van der Waals surface area contributed by atoms with Crippen LogP contribution in [0.15, 0.2) is 102 Å². The van der Waals surface area contributed by atoms with Gasteiger partial charge in [0.2, 0.25) is 0 Å². The van der Waals surface area contributed by atoms with E-state index in [0.29, 0.717) is 0 Å². The predicted octanol–water partition coefficient (Wildman–Crippen LogP) is 6.88. The van der Waals surface area contributed by atoms with Gasteiger partial charge < -0.3 is 9.97 Å². The molecule has 1 atom stereocenters. The van der Waals surface area contributed by atoms with E-state index in [1.165, 1.54) is 5.56 Å². The number of imidazole rings is 2. The Morgan fingerprint density at radius 3 is 2.21 bits per heavy atom. The van der Waals surface area contributed by atoms with Crippen LogP contribution >= 0.6 is 0 Å². The number of nitrogens with zero attached hydrogens (tertiary/aromatic N) is 5. The SMILES string of the molecule is CC(c1ccc(-c2nc3cc4[nH]cnc4cc3nc2-c2ccccc2)cc1)N1CCC(n2c(=O)[nH]c3ccccc32)CC1. The zero-order valence-electron chi connectivity index (χ0n) is 23.9. The maximum absolute atomic E-state index is 12.7. The van der Waals surface area contributed by atoms with Crippen molar-refractivity contribution in [3.63, 3.8) is 0 Å². The van der Waals surface area contributed by atoms with Gasteiger partial charge in [-0.3, -0.25) is 9.47 Å². The molecule has 0 bridgehead atoms. The summed E-state index contributed by atoms with van der Waals surface area (Å²) in [6.07, 6.45) is 3.59. The van der Waals surface area contributed by atoms with Gasteiger partial charge in [0.25, 0.3) is 0 Å². The summed E-state index contributed by atoms with van der Waals surface area (Å²) in [5.41, 5.74) is 10.4. The van der Waals surface area contributed by atoms with Crippen LogP contribution in [0.2, 0.25) is 0 Å². The molecule has 8 heteroatoms. The van der Waals surface area contributed by atoms with E-state index in [2.05, 4.69) is 63.2 Å². The number of fused-ring (bicyclic) bond motifs is 3. The highest BCUT2D eigenvalue weighted by Crippen LogP contribution is 2.34. The summed E-state index contributed by atoms with van der Waals surface area (Å²) in [4.78, 5) is 36.1. The third-order valence-electron chi connectivity index (χ3n) is 8.96. The smallest absolute Gasteiger partial charge is 0.326 e. The first-order chi connectivity index (χ1) is 21.1. The first-order valence-corrected chi connectivity index (χ1v) is 14.9. The molecule has 0 spiro atoms. The van der Waals surface area contributed by atoms with Gasteiger partial charge in [0.1, 0.15) is 0 Å². The number of aromatic nitrogens is 6. The molecule has 1 unspecified atom stereocenters. The summed E-state index contributed by atoms with van der Waals surface area (Å²) < 4.78 is 1.96. The maximum atomic E-state index is 12.7. The van der Waals surface area contributed by atoms with Crippen LogP contribution in [0.3, 0.4) is 0 Å². The van der Waals surface area contributed by atoms with Crippen molar-refractivity contribution in [2.75, 3.05) is 13.1 Å². The number of H-pyrrole nitrogens is 2. The van der Waals surface area contributed by atoms with Crippen molar-refractivity contribution >= 4 is 33.1 Å². The fourth-order valence-electron chi connectivity index (χ4n) is 6.58. The number of nitrogens with one attached hydrogen (secondary N) is 2. The van der Waals surface area contributed by atoms with E-state index < -0.39 is 0 Å². The minimum atomic E-state index is -0.0102. The van der Waals surface area contributed by atoms with E-state index in [1.807, 2.05) is 59.2 Å². The lowest BCUT2D eigenvalue weighted by Gasteiger charge is -2.36. The monoisotopic (exact) mass is 565 g/mol. The standard InChI is InChI=1S/C35H31N7O/c1-22(41-17-15-26(16-18-41)42-32-10-6-5-9-27(32)40-35(42)43)23-11-13-25(14-12-23)34-33(24-7-3-2-4-8-24)38-30-19-28-29(37-21-36-28)20-31(30)39-34/h2-14,19-22,26H,15-18H2,1H3,(H,36,37)(H,40,43). The van der Waals surface area contributed by atoms with Crippen molar-refractivity contribution in [1.82, 2.24) is 34.4 Å². The Balaban J connectivity index is 1.07. The molecule has 1 saturated heterocycles. The van der Waals surface area contributed by atoms with Crippen LogP contribution in [-0.4, -0.2) is 47.5 Å². The predicted molar refractivity (Wildman–Crippen MR) is 171 cm³/mol. The van der Waals surface area contributed by atoms with Gasteiger partial charge in [0.05, 0.1) is 50.8 Å². The second-order valence-electron chi connectivity index (χ2n) is 11.4. The fraction of sp³-hybridized carbons (Fsp3) is 0.200. The lowest BCUT2D eigenvalue weighted by atomic mass is 9.97. The Labute approximate surface area is 248 Å². The van der Waals surface area contributed by atoms with Gasteiger partial charge in [-0.15, -0.1) is 0 Å². The molecule has 8 nitrogen and oxygen atoms in total. The van der Waals surface area contributed by atoms with Crippen molar-refractivity contribution in [3.8, 4) is 22.5 Å². The van der Waals surface area contributed by atoms with Gasteiger partial charge in [-0.1, -0.05) is 66.7 Å². The lowest BCUT2D eigenvalue weighted by molar-refractivity contribution is 0.144. The fourth-order valence-corrected chi connectivity index (χ4v) is 6.58. The molecule has 0 aliphatic carbocycles. The first-order valence-electron chi connectivity index (χ1n) is 14.9. The zero-order chi connectivity index (χ0) is 28.9. The number of likely N-dealkylation sites (tertiary alicyclic amines) is 1. The average molecular weight is 566 g/mol. The Bertz CT molecular complexity index is 2140. The van der Waals surface area contributed by atoms with Gasteiger partial charge in [0, 0.05) is 36.3 Å². The van der Waals surface area contributed by atoms with Crippen LogP contribution in [0.4, 0.5) is 0 Å². The Morgan fingerprint density at radius 2 is 1.44 bits per heavy atom. The second-order valence-corrected chi connectivity index (χ2v) is 11.4. The molecule has 0 radical (unpaired) electrons. The molecule has 8 rings (SSSR count). The molecular formula is C35H31N7O. The van der Waals surface area contributed by atoms with Crippen molar-refractivity contribution in [2.24, 2.45) is 0 Å². The largest absolute Gasteiger partial charge is 0.345 e. The molecule has 3 aromatic heterocycles.